The minimum absolute atomic E-state index is 0. The van der Waals surface area contributed by atoms with Crippen LogP contribution in [0.25, 0.3) is 17.0 Å². The maximum Gasteiger partial charge on any atom is 0.341 e. The molecule has 0 spiro atoms. The van der Waals surface area contributed by atoms with E-state index < -0.39 is 17.2 Å². The number of anilines is 1. The highest BCUT2D eigenvalue weighted by molar-refractivity contribution is 5.99. The fraction of sp³-hybridized carbons (Fsp3) is 0.368. The Kier molecular flexibility index (Phi) is 5.01. The van der Waals surface area contributed by atoms with Crippen LogP contribution < -0.4 is 10.3 Å². The van der Waals surface area contributed by atoms with Gasteiger partial charge in [0, 0.05) is 44.0 Å². The van der Waals surface area contributed by atoms with Gasteiger partial charge in [-0.05, 0) is 20.0 Å². The summed E-state index contributed by atoms with van der Waals surface area (Å²) in [5.74, 6) is -1.78. The molecule has 0 aliphatic carbocycles. The van der Waals surface area contributed by atoms with Crippen molar-refractivity contribution in [2.24, 2.45) is 0 Å². The summed E-state index contributed by atoms with van der Waals surface area (Å²) in [7, 11) is 2.03. The zero-order valence-corrected chi connectivity index (χ0v) is 15.9. The Hall–Kier alpha value is -2.38. The smallest absolute Gasteiger partial charge is 0.341 e. The Morgan fingerprint density at radius 2 is 1.93 bits per heavy atom. The van der Waals surface area contributed by atoms with Gasteiger partial charge in [-0.25, -0.2) is 9.18 Å². The minimum atomic E-state index is -1.30. The van der Waals surface area contributed by atoms with E-state index in [9.17, 15) is 14.7 Å². The van der Waals surface area contributed by atoms with E-state index in [2.05, 4.69) is 4.90 Å². The second-order valence-electron chi connectivity index (χ2n) is 6.99. The van der Waals surface area contributed by atoms with Gasteiger partial charge in [-0.15, -0.1) is 12.4 Å². The molecule has 0 radical (unpaired) electrons. The van der Waals surface area contributed by atoms with Crippen LogP contribution in [0.15, 0.2) is 23.1 Å². The van der Waals surface area contributed by atoms with Gasteiger partial charge in [-0.2, -0.15) is 0 Å². The summed E-state index contributed by atoms with van der Waals surface area (Å²) in [5, 5.41) is 9.45. The number of aromatic nitrogens is 1. The van der Waals surface area contributed by atoms with Gasteiger partial charge in [0.1, 0.15) is 11.4 Å². The van der Waals surface area contributed by atoms with E-state index in [0.29, 0.717) is 29.9 Å². The van der Waals surface area contributed by atoms with Crippen molar-refractivity contribution in [1.82, 2.24) is 9.47 Å². The molecular weight excluding hydrogens is 373 g/mol. The van der Waals surface area contributed by atoms with E-state index in [4.69, 9.17) is 0 Å². The highest BCUT2D eigenvalue weighted by Gasteiger charge is 2.27. The molecule has 0 amide bonds. The summed E-state index contributed by atoms with van der Waals surface area (Å²) in [5.41, 5.74) is 0.765. The molecule has 144 valence electrons. The van der Waals surface area contributed by atoms with Gasteiger partial charge in [0.15, 0.2) is 0 Å². The van der Waals surface area contributed by atoms with Crippen molar-refractivity contribution in [3.8, 4) is 0 Å². The third-order valence-corrected chi connectivity index (χ3v) is 5.31. The predicted molar refractivity (Wildman–Crippen MR) is 106 cm³/mol. The van der Waals surface area contributed by atoms with E-state index >= 15 is 4.39 Å². The minimum Gasteiger partial charge on any atom is -0.477 e. The van der Waals surface area contributed by atoms with Crippen LogP contribution in [-0.4, -0.2) is 53.8 Å². The maximum atomic E-state index is 15.0. The molecule has 2 aliphatic heterocycles. The lowest BCUT2D eigenvalue weighted by molar-refractivity contribution is 0.0694. The summed E-state index contributed by atoms with van der Waals surface area (Å²) in [6.45, 7) is 4.98. The first kappa shape index (κ1) is 19.4. The average molecular weight is 394 g/mol. The maximum absolute atomic E-state index is 15.0. The second kappa shape index (κ2) is 6.98. The molecular formula is C19H21ClFN3O3. The number of carboxylic acids is 1. The van der Waals surface area contributed by atoms with Crippen molar-refractivity contribution in [3.05, 3.63) is 45.5 Å². The number of rotatable bonds is 2. The molecule has 27 heavy (non-hydrogen) atoms. The number of halogens is 2. The number of pyridine rings is 1. The summed E-state index contributed by atoms with van der Waals surface area (Å²) in [4.78, 5) is 28.2. The first-order chi connectivity index (χ1) is 12.4. The number of hydrogen-bond donors (Lipinski definition) is 1. The van der Waals surface area contributed by atoms with Crippen LogP contribution in [0.5, 0.6) is 0 Å². The van der Waals surface area contributed by atoms with Crippen LogP contribution in [0.4, 0.5) is 10.1 Å². The van der Waals surface area contributed by atoms with Crippen LogP contribution in [0.3, 0.4) is 0 Å². The van der Waals surface area contributed by atoms with Gasteiger partial charge >= 0.3 is 5.97 Å². The van der Waals surface area contributed by atoms with E-state index in [1.165, 1.54) is 12.3 Å². The third kappa shape index (κ3) is 3.00. The Balaban J connectivity index is 0.00000210. The summed E-state index contributed by atoms with van der Waals surface area (Å²) < 4.78 is 16.8. The van der Waals surface area contributed by atoms with Crippen LogP contribution in [0.2, 0.25) is 0 Å². The van der Waals surface area contributed by atoms with Gasteiger partial charge in [0.2, 0.25) is 5.43 Å². The van der Waals surface area contributed by atoms with Gasteiger partial charge in [0.05, 0.1) is 16.6 Å². The lowest BCUT2D eigenvalue weighted by Gasteiger charge is -2.36. The fourth-order valence-corrected chi connectivity index (χ4v) is 3.82. The molecule has 1 aromatic carbocycles. The molecule has 1 atom stereocenters. The van der Waals surface area contributed by atoms with E-state index in [-0.39, 0.29) is 29.4 Å². The molecule has 1 N–H and O–H groups in total. The predicted octanol–water partition coefficient (Wildman–Crippen LogP) is 2.60. The van der Waals surface area contributed by atoms with E-state index in [0.717, 1.165) is 13.1 Å². The number of aromatic carboxylic acids is 1. The fourth-order valence-electron chi connectivity index (χ4n) is 3.82. The lowest BCUT2D eigenvalue weighted by Crippen LogP contribution is -2.45. The van der Waals surface area contributed by atoms with Gasteiger partial charge in [-0.1, -0.05) is 12.2 Å². The van der Waals surface area contributed by atoms with Gasteiger partial charge in [-0.3, -0.25) is 4.79 Å². The van der Waals surface area contributed by atoms with Crippen molar-refractivity contribution < 1.29 is 14.3 Å². The average Bonchev–Trinajstić information content (AvgIpc) is 2.60. The lowest BCUT2D eigenvalue weighted by atomic mass is 9.98. The number of benzene rings is 1. The standard InChI is InChI=1S/C19H20FN3O3.ClH/c1-11-3-4-12-16-13(18(24)14(19(25)26)10-23(11)16)9-15(20)17(12)22-7-5-21(2)6-8-22;/h3-4,9-11H,5-8H2,1-2H3,(H,25,26);1H. The summed E-state index contributed by atoms with van der Waals surface area (Å²) >= 11 is 0. The van der Waals surface area contributed by atoms with Crippen LogP contribution in [0, 0.1) is 5.82 Å². The number of carboxylic acid groups (broad SMARTS) is 1. The zero-order valence-electron chi connectivity index (χ0n) is 15.1. The molecule has 1 saturated heterocycles. The largest absolute Gasteiger partial charge is 0.477 e. The Morgan fingerprint density at radius 3 is 2.56 bits per heavy atom. The van der Waals surface area contributed by atoms with Crippen molar-refractivity contribution >= 4 is 41.0 Å². The van der Waals surface area contributed by atoms with Gasteiger partial charge < -0.3 is 19.5 Å². The van der Waals surface area contributed by atoms with Crippen LogP contribution >= 0.6 is 12.4 Å². The van der Waals surface area contributed by atoms with Crippen molar-refractivity contribution in [1.29, 1.82) is 0 Å². The van der Waals surface area contributed by atoms with Crippen LogP contribution in [-0.2, 0) is 0 Å². The number of carbonyl (C=O) groups is 1. The first-order valence-electron chi connectivity index (χ1n) is 8.65. The molecule has 3 heterocycles. The normalized spacial score (nSPS) is 19.2. The number of likely N-dealkylation sites (N-methyl/N-ethyl adjacent to an activating group) is 1. The molecule has 1 unspecified atom stereocenters. The van der Waals surface area contributed by atoms with E-state index in [1.807, 2.05) is 31.0 Å². The number of hydrogen-bond acceptors (Lipinski definition) is 4. The highest BCUT2D eigenvalue weighted by atomic mass is 35.5. The molecule has 2 aromatic rings. The number of allylic oxidation sites excluding steroid dienone is 1. The molecule has 1 fully saturated rings. The quantitative estimate of drug-likeness (QED) is 0.849. The highest BCUT2D eigenvalue weighted by Crippen LogP contribution is 2.37. The summed E-state index contributed by atoms with van der Waals surface area (Å²) in [6.07, 6.45) is 5.12. The Morgan fingerprint density at radius 1 is 1.26 bits per heavy atom. The molecule has 0 bridgehead atoms. The zero-order chi connectivity index (χ0) is 18.6. The monoisotopic (exact) mass is 393 g/mol. The molecule has 4 rings (SSSR count). The molecule has 2 aliphatic rings. The second-order valence-corrected chi connectivity index (χ2v) is 6.99. The number of piperazine rings is 1. The van der Waals surface area contributed by atoms with Crippen molar-refractivity contribution in [2.75, 3.05) is 38.1 Å². The van der Waals surface area contributed by atoms with Crippen molar-refractivity contribution in [2.45, 2.75) is 13.0 Å². The SMILES string of the molecule is CC1C=Cc2c(N3CCN(C)CC3)c(F)cc3c(=O)c(C(=O)O)cn1c23.Cl. The Labute approximate surface area is 161 Å². The third-order valence-electron chi connectivity index (χ3n) is 5.31. The van der Waals surface area contributed by atoms with Crippen LogP contribution in [0.1, 0.15) is 28.9 Å². The van der Waals surface area contributed by atoms with Crippen molar-refractivity contribution in [3.63, 3.8) is 0 Å². The molecule has 8 heteroatoms. The van der Waals surface area contributed by atoms with E-state index in [1.54, 1.807) is 4.57 Å². The topological polar surface area (TPSA) is 65.8 Å². The number of nitrogens with zero attached hydrogens (tertiary/aromatic N) is 3. The first-order valence-corrected chi connectivity index (χ1v) is 8.65. The summed E-state index contributed by atoms with van der Waals surface area (Å²) in [6, 6.07) is 1.08. The molecule has 6 nitrogen and oxygen atoms in total. The Bertz CT molecular complexity index is 1010. The molecule has 1 aromatic heterocycles. The molecule has 0 saturated carbocycles. The van der Waals surface area contributed by atoms with Gasteiger partial charge in [0.25, 0.3) is 0 Å².